The van der Waals surface area contributed by atoms with Crippen LogP contribution in [0.1, 0.15) is 44.9 Å². The standard InChI is InChI=1S/C51H50O4/c1-9-23-52-47-21-19-40(27-34(47)5)43-29-36(7)50(54-25-11-3)45(32-43)49(42-18-17-38-15-13-14-16-39(38)31-42)46-33-44(30-37(8)51(46)55-26-12-4)41-20-22-48(35(6)28-41)53-24-10-2/h9-22,27-33,49H,1-4,23-26H2,5-8H3. The highest BCUT2D eigenvalue weighted by Gasteiger charge is 2.28. The van der Waals surface area contributed by atoms with Gasteiger partial charge in [0.25, 0.3) is 0 Å². The molecule has 4 heteroatoms. The van der Waals surface area contributed by atoms with E-state index in [9.17, 15) is 0 Å². The van der Waals surface area contributed by atoms with Gasteiger partial charge in [0.2, 0.25) is 0 Å². The van der Waals surface area contributed by atoms with Crippen molar-refractivity contribution in [2.24, 2.45) is 0 Å². The maximum atomic E-state index is 6.61. The second kappa shape index (κ2) is 17.7. The molecule has 0 N–H and O–H groups in total. The molecule has 0 radical (unpaired) electrons. The largest absolute Gasteiger partial charge is 0.489 e. The Labute approximate surface area is 326 Å². The molecule has 0 atom stereocenters. The first-order valence-corrected chi connectivity index (χ1v) is 18.7. The van der Waals surface area contributed by atoms with E-state index in [1.54, 1.807) is 24.3 Å². The second-order valence-electron chi connectivity index (χ2n) is 13.8. The van der Waals surface area contributed by atoms with Crippen molar-refractivity contribution in [3.63, 3.8) is 0 Å². The van der Waals surface area contributed by atoms with Gasteiger partial charge in [0.1, 0.15) is 49.4 Å². The zero-order chi connectivity index (χ0) is 38.9. The Morgan fingerprint density at radius 1 is 0.436 bits per heavy atom. The molecule has 0 spiro atoms. The summed E-state index contributed by atoms with van der Waals surface area (Å²) in [6.45, 7) is 25.6. The molecule has 0 aliphatic rings. The van der Waals surface area contributed by atoms with Crippen molar-refractivity contribution in [2.45, 2.75) is 33.6 Å². The fourth-order valence-electron chi connectivity index (χ4n) is 7.24. The Morgan fingerprint density at radius 2 is 0.873 bits per heavy atom. The summed E-state index contributed by atoms with van der Waals surface area (Å²) in [5.41, 5.74) is 11.7. The maximum Gasteiger partial charge on any atom is 0.126 e. The molecule has 6 aromatic carbocycles. The van der Waals surface area contributed by atoms with Crippen LogP contribution in [0.5, 0.6) is 23.0 Å². The van der Waals surface area contributed by atoms with Crippen molar-refractivity contribution in [3.8, 4) is 45.3 Å². The summed E-state index contributed by atoms with van der Waals surface area (Å²) in [6, 6.07) is 36.8. The topological polar surface area (TPSA) is 36.9 Å². The van der Waals surface area contributed by atoms with E-state index in [2.05, 4.69) is 145 Å². The maximum absolute atomic E-state index is 6.61. The van der Waals surface area contributed by atoms with Crippen molar-refractivity contribution < 1.29 is 18.9 Å². The summed E-state index contributed by atoms with van der Waals surface area (Å²) in [5, 5.41) is 2.33. The molecule has 0 aromatic heterocycles. The van der Waals surface area contributed by atoms with Gasteiger partial charge in [-0.05, 0) is 137 Å². The molecule has 55 heavy (non-hydrogen) atoms. The number of rotatable bonds is 17. The SMILES string of the molecule is C=CCOc1ccc(-c2cc(C)c(OCC=C)c(C(c3ccc4ccccc4c3)c3cc(-c4ccc(OCC=C)c(C)c4)cc(C)c3OCC=C)c2)cc1C. The van der Waals surface area contributed by atoms with Crippen molar-refractivity contribution in [3.05, 3.63) is 193 Å². The van der Waals surface area contributed by atoms with E-state index in [-0.39, 0.29) is 5.92 Å². The van der Waals surface area contributed by atoms with Crippen LogP contribution in [-0.4, -0.2) is 26.4 Å². The van der Waals surface area contributed by atoms with E-state index in [4.69, 9.17) is 18.9 Å². The minimum Gasteiger partial charge on any atom is -0.489 e. The minimum absolute atomic E-state index is 0.283. The highest BCUT2D eigenvalue weighted by atomic mass is 16.5. The third-order valence-electron chi connectivity index (χ3n) is 9.76. The van der Waals surface area contributed by atoms with Gasteiger partial charge < -0.3 is 18.9 Å². The number of aryl methyl sites for hydroxylation is 4. The molecule has 6 aromatic rings. The molecule has 0 unspecified atom stereocenters. The van der Waals surface area contributed by atoms with E-state index in [0.29, 0.717) is 26.4 Å². The van der Waals surface area contributed by atoms with Crippen LogP contribution >= 0.6 is 0 Å². The van der Waals surface area contributed by atoms with Crippen LogP contribution in [0.2, 0.25) is 0 Å². The third-order valence-corrected chi connectivity index (χ3v) is 9.76. The number of hydrogen-bond acceptors (Lipinski definition) is 4. The monoisotopic (exact) mass is 726 g/mol. The molecule has 4 nitrogen and oxygen atoms in total. The number of ether oxygens (including phenoxy) is 4. The van der Waals surface area contributed by atoms with Crippen LogP contribution in [0, 0.1) is 27.7 Å². The fourth-order valence-corrected chi connectivity index (χ4v) is 7.24. The number of fused-ring (bicyclic) bond motifs is 1. The summed E-state index contributed by atoms with van der Waals surface area (Å²) in [5.74, 6) is 3.04. The lowest BCUT2D eigenvalue weighted by atomic mass is 9.80. The molecular formula is C51H50O4. The van der Waals surface area contributed by atoms with Gasteiger partial charge in [-0.2, -0.15) is 0 Å². The van der Waals surface area contributed by atoms with Gasteiger partial charge in [0.15, 0.2) is 0 Å². The van der Waals surface area contributed by atoms with E-state index >= 15 is 0 Å². The van der Waals surface area contributed by atoms with Crippen molar-refractivity contribution in [1.29, 1.82) is 0 Å². The molecule has 278 valence electrons. The van der Waals surface area contributed by atoms with Crippen LogP contribution in [0.15, 0.2) is 154 Å². The second-order valence-corrected chi connectivity index (χ2v) is 13.8. The van der Waals surface area contributed by atoms with Gasteiger partial charge in [-0.15, -0.1) is 0 Å². The Balaban J connectivity index is 1.65. The summed E-state index contributed by atoms with van der Waals surface area (Å²) < 4.78 is 25.1. The van der Waals surface area contributed by atoms with Crippen LogP contribution in [0.4, 0.5) is 0 Å². The zero-order valence-corrected chi connectivity index (χ0v) is 32.5. The normalized spacial score (nSPS) is 10.9. The van der Waals surface area contributed by atoms with Crippen LogP contribution < -0.4 is 18.9 Å². The summed E-state index contributed by atoms with van der Waals surface area (Å²) >= 11 is 0. The number of hydrogen-bond donors (Lipinski definition) is 0. The Morgan fingerprint density at radius 3 is 1.33 bits per heavy atom. The zero-order valence-electron chi connectivity index (χ0n) is 32.5. The van der Waals surface area contributed by atoms with Crippen molar-refractivity contribution >= 4 is 10.8 Å². The van der Waals surface area contributed by atoms with Gasteiger partial charge in [0.05, 0.1) is 0 Å². The van der Waals surface area contributed by atoms with Gasteiger partial charge in [-0.1, -0.05) is 105 Å². The molecule has 0 bridgehead atoms. The highest BCUT2D eigenvalue weighted by molar-refractivity contribution is 5.84. The lowest BCUT2D eigenvalue weighted by Crippen LogP contribution is -2.12. The molecule has 0 saturated carbocycles. The van der Waals surface area contributed by atoms with Gasteiger partial charge in [-0.3, -0.25) is 0 Å². The quantitative estimate of drug-likeness (QED) is 0.0693. The Hall–Kier alpha value is -6.26. The first-order chi connectivity index (χ1) is 26.8. The number of benzene rings is 6. The van der Waals surface area contributed by atoms with Crippen LogP contribution in [0.3, 0.4) is 0 Å². The molecule has 0 aliphatic carbocycles. The summed E-state index contributed by atoms with van der Waals surface area (Å²) in [7, 11) is 0. The predicted octanol–water partition coefficient (Wildman–Crippen LogP) is 12.8. The fraction of sp³-hybridized carbons (Fsp3) is 0.176. The molecule has 0 heterocycles. The van der Waals surface area contributed by atoms with Gasteiger partial charge >= 0.3 is 0 Å². The molecular weight excluding hydrogens is 677 g/mol. The Kier molecular flexibility index (Phi) is 12.4. The smallest absolute Gasteiger partial charge is 0.126 e. The van der Waals surface area contributed by atoms with Crippen LogP contribution in [-0.2, 0) is 0 Å². The summed E-state index contributed by atoms with van der Waals surface area (Å²) in [6.07, 6.45) is 7.11. The predicted molar refractivity (Wildman–Crippen MR) is 230 cm³/mol. The van der Waals surface area contributed by atoms with E-state index in [0.717, 1.165) is 89.6 Å². The van der Waals surface area contributed by atoms with Gasteiger partial charge in [0, 0.05) is 17.0 Å². The van der Waals surface area contributed by atoms with Gasteiger partial charge in [-0.25, -0.2) is 0 Å². The van der Waals surface area contributed by atoms with E-state index in [1.165, 1.54) is 5.39 Å². The molecule has 0 fully saturated rings. The minimum atomic E-state index is -0.283. The molecule has 6 rings (SSSR count). The first kappa shape index (κ1) is 38.5. The average Bonchev–Trinajstić information content (AvgIpc) is 3.19. The lowest BCUT2D eigenvalue weighted by Gasteiger charge is -2.27. The van der Waals surface area contributed by atoms with Crippen molar-refractivity contribution in [2.75, 3.05) is 26.4 Å². The van der Waals surface area contributed by atoms with E-state index < -0.39 is 0 Å². The van der Waals surface area contributed by atoms with Crippen LogP contribution in [0.25, 0.3) is 33.0 Å². The lowest BCUT2D eigenvalue weighted by molar-refractivity contribution is 0.350. The molecule has 0 saturated heterocycles. The third kappa shape index (κ3) is 8.60. The average molecular weight is 727 g/mol. The Bertz CT molecular complexity index is 2240. The van der Waals surface area contributed by atoms with E-state index in [1.807, 2.05) is 12.1 Å². The highest BCUT2D eigenvalue weighted by Crippen LogP contribution is 2.47. The molecule has 0 aliphatic heterocycles. The summed E-state index contributed by atoms with van der Waals surface area (Å²) in [4.78, 5) is 0. The first-order valence-electron chi connectivity index (χ1n) is 18.7. The van der Waals surface area contributed by atoms with Crippen molar-refractivity contribution in [1.82, 2.24) is 0 Å². The molecule has 0 amide bonds.